The lowest BCUT2D eigenvalue weighted by molar-refractivity contribution is 0.0954. The van der Waals surface area contributed by atoms with Gasteiger partial charge in [0.05, 0.1) is 5.69 Å². The third-order valence-electron chi connectivity index (χ3n) is 6.13. The van der Waals surface area contributed by atoms with Gasteiger partial charge in [-0.05, 0) is 80.3 Å². The summed E-state index contributed by atoms with van der Waals surface area (Å²) in [4.78, 5) is 24.8. The van der Waals surface area contributed by atoms with Crippen molar-refractivity contribution in [1.82, 2.24) is 15.5 Å². The van der Waals surface area contributed by atoms with Crippen molar-refractivity contribution in [2.75, 3.05) is 6.54 Å². The van der Waals surface area contributed by atoms with E-state index in [-0.39, 0.29) is 11.5 Å². The quantitative estimate of drug-likeness (QED) is 0.643. The van der Waals surface area contributed by atoms with E-state index in [1.165, 1.54) is 16.7 Å². The predicted octanol–water partition coefficient (Wildman–Crippen LogP) is 3.83. The Balaban J connectivity index is 1.43. The number of amides is 1. The molecule has 31 heavy (non-hydrogen) atoms. The van der Waals surface area contributed by atoms with E-state index in [9.17, 15) is 9.59 Å². The summed E-state index contributed by atoms with van der Waals surface area (Å²) in [6.45, 7) is 4.79. The highest BCUT2D eigenvalue weighted by Gasteiger charge is 2.18. The topological polar surface area (TPSA) is 74.8 Å². The first kappa shape index (κ1) is 21.0. The van der Waals surface area contributed by atoms with E-state index in [0.717, 1.165) is 54.5 Å². The number of nitrogens with one attached hydrogen (secondary N) is 2. The molecular weight excluding hydrogens is 386 g/mol. The predicted molar refractivity (Wildman–Crippen MR) is 123 cm³/mol. The number of carbonyl (C=O) groups is 1. The largest absolute Gasteiger partial charge is 0.352 e. The lowest BCUT2D eigenvalue weighted by Gasteiger charge is -2.17. The van der Waals surface area contributed by atoms with Gasteiger partial charge in [0.15, 0.2) is 0 Å². The Labute approximate surface area is 182 Å². The normalized spacial score (nSPS) is 13.0. The Morgan fingerprint density at radius 3 is 2.71 bits per heavy atom. The average molecular weight is 416 g/mol. The molecule has 3 aromatic rings. The van der Waals surface area contributed by atoms with Gasteiger partial charge in [-0.25, -0.2) is 5.10 Å². The summed E-state index contributed by atoms with van der Waals surface area (Å²) < 4.78 is 0. The number of fused-ring (bicyclic) bond motifs is 1. The van der Waals surface area contributed by atoms with Crippen molar-refractivity contribution in [1.29, 1.82) is 0 Å². The molecule has 0 unspecified atom stereocenters. The van der Waals surface area contributed by atoms with Crippen LogP contribution in [0.5, 0.6) is 0 Å². The Morgan fingerprint density at radius 2 is 1.87 bits per heavy atom. The fraction of sp³-hybridized carbons (Fsp3) is 0.346. The van der Waals surface area contributed by atoms with E-state index in [1.807, 2.05) is 24.3 Å². The van der Waals surface area contributed by atoms with Gasteiger partial charge < -0.3 is 5.32 Å². The van der Waals surface area contributed by atoms with Crippen LogP contribution >= 0.6 is 0 Å². The van der Waals surface area contributed by atoms with Crippen LogP contribution in [0, 0.1) is 13.8 Å². The maximum absolute atomic E-state index is 12.7. The van der Waals surface area contributed by atoms with Crippen molar-refractivity contribution in [2.45, 2.75) is 52.4 Å². The standard InChI is InChI=1S/C26H29N3O2/c1-17-10-11-18(2)20(14-17)12-13-27-25(30)21-7-5-6-19(15-21)16-24-22-8-3-4-9-23(22)26(31)29-28-24/h5-7,10-11,14-15H,3-4,8-9,12-13,16H2,1-2H3,(H,27,30)(H,29,31). The first-order valence-corrected chi connectivity index (χ1v) is 11.0. The number of aromatic nitrogens is 2. The molecular formula is C26H29N3O2. The Hall–Kier alpha value is -3.21. The minimum atomic E-state index is -0.0661. The summed E-state index contributed by atoms with van der Waals surface area (Å²) in [5.41, 5.74) is 8.26. The summed E-state index contributed by atoms with van der Waals surface area (Å²) in [6, 6.07) is 14.1. The molecule has 2 N–H and O–H groups in total. The lowest BCUT2D eigenvalue weighted by atomic mass is 9.90. The van der Waals surface area contributed by atoms with Gasteiger partial charge in [-0.15, -0.1) is 0 Å². The van der Waals surface area contributed by atoms with Gasteiger partial charge in [0.2, 0.25) is 0 Å². The Morgan fingerprint density at radius 1 is 1.06 bits per heavy atom. The van der Waals surface area contributed by atoms with Gasteiger partial charge in [-0.3, -0.25) is 9.59 Å². The monoisotopic (exact) mass is 415 g/mol. The van der Waals surface area contributed by atoms with E-state index < -0.39 is 0 Å². The van der Waals surface area contributed by atoms with Gasteiger partial charge in [0, 0.05) is 24.1 Å². The van der Waals surface area contributed by atoms with Crippen LogP contribution in [0.4, 0.5) is 0 Å². The summed E-state index contributed by atoms with van der Waals surface area (Å²) in [5.74, 6) is -0.0661. The second kappa shape index (κ2) is 9.29. The van der Waals surface area contributed by atoms with Crippen molar-refractivity contribution in [3.8, 4) is 0 Å². The van der Waals surface area contributed by atoms with Gasteiger partial charge in [-0.2, -0.15) is 5.10 Å². The molecule has 1 amide bonds. The zero-order chi connectivity index (χ0) is 21.8. The molecule has 0 bridgehead atoms. The third-order valence-corrected chi connectivity index (χ3v) is 6.13. The molecule has 1 aliphatic carbocycles. The number of hydrogen-bond donors (Lipinski definition) is 2. The van der Waals surface area contributed by atoms with Crippen LogP contribution in [0.2, 0.25) is 0 Å². The number of carbonyl (C=O) groups excluding carboxylic acids is 1. The van der Waals surface area contributed by atoms with E-state index in [1.54, 1.807) is 0 Å². The highest BCUT2D eigenvalue weighted by molar-refractivity contribution is 5.94. The zero-order valence-corrected chi connectivity index (χ0v) is 18.3. The molecule has 4 rings (SSSR count). The smallest absolute Gasteiger partial charge is 0.267 e. The molecule has 0 aliphatic heterocycles. The molecule has 5 nitrogen and oxygen atoms in total. The molecule has 0 radical (unpaired) electrons. The maximum atomic E-state index is 12.7. The maximum Gasteiger partial charge on any atom is 0.267 e. The molecule has 2 aromatic carbocycles. The summed E-state index contributed by atoms with van der Waals surface area (Å²) in [5, 5.41) is 10.0. The average Bonchev–Trinajstić information content (AvgIpc) is 2.78. The number of aromatic amines is 1. The Bertz CT molecular complexity index is 1160. The van der Waals surface area contributed by atoms with Crippen LogP contribution in [0.3, 0.4) is 0 Å². The van der Waals surface area contributed by atoms with Crippen LogP contribution in [0.15, 0.2) is 47.3 Å². The molecule has 1 aliphatic rings. The van der Waals surface area contributed by atoms with Crippen molar-refractivity contribution in [3.05, 3.63) is 97.5 Å². The molecule has 5 heteroatoms. The summed E-state index contributed by atoms with van der Waals surface area (Å²) in [7, 11) is 0. The molecule has 1 heterocycles. The SMILES string of the molecule is Cc1ccc(C)c(CCNC(=O)c2cccc(Cc3n[nH]c(=O)c4c3CCCC4)c2)c1. The van der Waals surface area contributed by atoms with Crippen molar-refractivity contribution >= 4 is 5.91 Å². The first-order valence-electron chi connectivity index (χ1n) is 11.0. The van der Waals surface area contributed by atoms with E-state index in [0.29, 0.717) is 18.5 Å². The molecule has 0 saturated carbocycles. The lowest BCUT2D eigenvalue weighted by Crippen LogP contribution is -2.26. The molecule has 0 atom stereocenters. The van der Waals surface area contributed by atoms with Crippen molar-refractivity contribution in [2.24, 2.45) is 0 Å². The molecule has 0 saturated heterocycles. The molecule has 0 fully saturated rings. The summed E-state index contributed by atoms with van der Waals surface area (Å²) in [6.07, 6.45) is 5.30. The minimum absolute atomic E-state index is 0.0598. The number of H-pyrrole nitrogens is 1. The van der Waals surface area contributed by atoms with Crippen LogP contribution in [-0.4, -0.2) is 22.6 Å². The van der Waals surface area contributed by atoms with Gasteiger partial charge in [-0.1, -0.05) is 35.9 Å². The van der Waals surface area contributed by atoms with E-state index in [2.05, 4.69) is 47.6 Å². The van der Waals surface area contributed by atoms with Gasteiger partial charge >= 0.3 is 0 Å². The fourth-order valence-corrected chi connectivity index (χ4v) is 4.37. The molecule has 160 valence electrons. The number of rotatable bonds is 6. The summed E-state index contributed by atoms with van der Waals surface area (Å²) >= 11 is 0. The van der Waals surface area contributed by atoms with Crippen molar-refractivity contribution in [3.63, 3.8) is 0 Å². The number of aryl methyl sites for hydroxylation is 2. The Kier molecular flexibility index (Phi) is 6.31. The number of nitrogens with zero attached hydrogens (tertiary/aromatic N) is 1. The van der Waals surface area contributed by atoms with Crippen LogP contribution < -0.4 is 10.9 Å². The molecule has 1 aromatic heterocycles. The molecule has 0 spiro atoms. The minimum Gasteiger partial charge on any atom is -0.352 e. The number of benzene rings is 2. The van der Waals surface area contributed by atoms with Gasteiger partial charge in [0.1, 0.15) is 0 Å². The number of hydrogen-bond acceptors (Lipinski definition) is 3. The fourth-order valence-electron chi connectivity index (χ4n) is 4.37. The van der Waals surface area contributed by atoms with E-state index in [4.69, 9.17) is 0 Å². The van der Waals surface area contributed by atoms with Crippen molar-refractivity contribution < 1.29 is 4.79 Å². The van der Waals surface area contributed by atoms with E-state index >= 15 is 0 Å². The first-order chi connectivity index (χ1) is 15.0. The second-order valence-corrected chi connectivity index (χ2v) is 8.48. The zero-order valence-electron chi connectivity index (χ0n) is 18.3. The highest BCUT2D eigenvalue weighted by Crippen LogP contribution is 2.22. The van der Waals surface area contributed by atoms with Crippen LogP contribution in [0.1, 0.15) is 62.3 Å². The van der Waals surface area contributed by atoms with Crippen LogP contribution in [0.25, 0.3) is 0 Å². The third kappa shape index (κ3) is 4.93. The van der Waals surface area contributed by atoms with Crippen LogP contribution in [-0.2, 0) is 25.7 Å². The highest BCUT2D eigenvalue weighted by atomic mass is 16.1. The second-order valence-electron chi connectivity index (χ2n) is 8.48. The van der Waals surface area contributed by atoms with Gasteiger partial charge in [0.25, 0.3) is 11.5 Å².